The van der Waals surface area contributed by atoms with Gasteiger partial charge >= 0.3 is 17.8 Å². The maximum atomic E-state index is 12.6. The molecule has 6 rings (SSSR count). The van der Waals surface area contributed by atoms with Crippen molar-refractivity contribution >= 4 is 40.7 Å². The first-order chi connectivity index (χ1) is 17.4. The SMILES string of the molecule is Cc1ccccc1COC(=O)Nc1c(C#Cc2nc3nc(C4(C(=O)O)CC4)oc3o2)nsc1C1CC1. The lowest BCUT2D eigenvalue weighted by Gasteiger charge is -2.09. The molecule has 1 amide bonds. The third-order valence-corrected chi connectivity index (χ3v) is 7.35. The zero-order valence-corrected chi connectivity index (χ0v) is 20.0. The first-order valence-corrected chi connectivity index (χ1v) is 12.2. The molecule has 0 unspecified atom stereocenters. The van der Waals surface area contributed by atoms with Crippen LogP contribution < -0.4 is 5.32 Å². The standard InChI is InChI=1S/C25H20N4O6S/c1-13-4-2-3-5-15(13)12-33-24(32)27-18-16(29-36-19(18)14-6-7-14)8-9-17-26-20-21(34-17)35-22(28-20)25(10-11-25)23(30)31/h2-5,14H,6-7,10-12H2,1H3,(H,27,32)(H,30,31). The number of carboxylic acid groups (broad SMARTS) is 1. The van der Waals surface area contributed by atoms with E-state index in [-0.39, 0.29) is 29.8 Å². The highest BCUT2D eigenvalue weighted by Gasteiger charge is 2.56. The van der Waals surface area contributed by atoms with Crippen molar-refractivity contribution < 1.29 is 28.3 Å². The number of nitrogens with one attached hydrogen (secondary N) is 1. The van der Waals surface area contributed by atoms with Crippen LogP contribution in [-0.2, 0) is 21.6 Å². The van der Waals surface area contributed by atoms with Crippen molar-refractivity contribution in [3.8, 4) is 11.8 Å². The number of amides is 1. The Bertz CT molecular complexity index is 1530. The summed E-state index contributed by atoms with van der Waals surface area (Å²) in [6, 6.07) is 7.71. The Balaban J connectivity index is 1.20. The fourth-order valence-corrected chi connectivity index (χ4v) is 4.79. The van der Waals surface area contributed by atoms with Gasteiger partial charge in [-0.2, -0.15) is 14.3 Å². The molecule has 2 saturated carbocycles. The third kappa shape index (κ3) is 4.09. The topological polar surface area (TPSA) is 141 Å². The molecule has 0 atom stereocenters. The number of hydrogen-bond donors (Lipinski definition) is 2. The molecule has 2 fully saturated rings. The first-order valence-electron chi connectivity index (χ1n) is 11.4. The molecule has 36 heavy (non-hydrogen) atoms. The number of nitrogens with zero attached hydrogens (tertiary/aromatic N) is 3. The number of carboxylic acids is 1. The molecule has 3 aromatic heterocycles. The Labute approximate surface area is 208 Å². The molecule has 0 saturated heterocycles. The fourth-order valence-electron chi connectivity index (χ4n) is 3.84. The Kier molecular flexibility index (Phi) is 5.26. The van der Waals surface area contributed by atoms with Gasteiger partial charge in [0, 0.05) is 5.92 Å². The maximum Gasteiger partial charge on any atom is 0.412 e. The van der Waals surface area contributed by atoms with Crippen molar-refractivity contribution in [3.05, 3.63) is 57.7 Å². The average molecular weight is 505 g/mol. The molecular formula is C25H20N4O6S. The molecule has 0 bridgehead atoms. The van der Waals surface area contributed by atoms with Crippen molar-refractivity contribution in [2.24, 2.45) is 0 Å². The van der Waals surface area contributed by atoms with Gasteiger partial charge in [0.15, 0.2) is 5.69 Å². The summed E-state index contributed by atoms with van der Waals surface area (Å²) in [6.07, 6.45) is 2.41. The smallest absolute Gasteiger partial charge is 0.412 e. The highest BCUT2D eigenvalue weighted by molar-refractivity contribution is 7.06. The normalized spacial score (nSPS) is 15.8. The number of aliphatic carboxylic acids is 1. The van der Waals surface area contributed by atoms with Gasteiger partial charge in [-0.25, -0.2) is 4.79 Å². The molecule has 2 aliphatic carbocycles. The van der Waals surface area contributed by atoms with E-state index in [2.05, 4.69) is 31.5 Å². The van der Waals surface area contributed by atoms with E-state index in [1.807, 2.05) is 31.2 Å². The van der Waals surface area contributed by atoms with E-state index in [1.165, 1.54) is 11.5 Å². The maximum absolute atomic E-state index is 12.6. The van der Waals surface area contributed by atoms with Gasteiger partial charge in [0.2, 0.25) is 11.5 Å². The quantitative estimate of drug-likeness (QED) is 0.357. The monoisotopic (exact) mass is 504 g/mol. The molecule has 10 nitrogen and oxygen atoms in total. The van der Waals surface area contributed by atoms with Crippen LogP contribution in [0.1, 0.15) is 65.1 Å². The summed E-state index contributed by atoms with van der Waals surface area (Å²) < 4.78 is 20.9. The summed E-state index contributed by atoms with van der Waals surface area (Å²) in [7, 11) is 0. The number of carbonyl (C=O) groups is 2. The van der Waals surface area contributed by atoms with E-state index in [0.717, 1.165) is 28.8 Å². The highest BCUT2D eigenvalue weighted by atomic mass is 32.1. The van der Waals surface area contributed by atoms with Gasteiger partial charge in [-0.05, 0) is 67.1 Å². The van der Waals surface area contributed by atoms with Crippen LogP contribution in [0.3, 0.4) is 0 Å². The summed E-state index contributed by atoms with van der Waals surface area (Å²) in [5, 5.41) is 12.2. The van der Waals surface area contributed by atoms with E-state index in [0.29, 0.717) is 30.1 Å². The number of ether oxygens (including phenoxy) is 1. The summed E-state index contributed by atoms with van der Waals surface area (Å²) in [5.74, 6) is 5.25. The van der Waals surface area contributed by atoms with Crippen LogP contribution in [0.15, 0.2) is 33.1 Å². The lowest BCUT2D eigenvalue weighted by molar-refractivity contribution is -0.140. The van der Waals surface area contributed by atoms with Gasteiger partial charge in [0.25, 0.3) is 5.89 Å². The van der Waals surface area contributed by atoms with Crippen molar-refractivity contribution in [3.63, 3.8) is 0 Å². The number of oxazole rings is 2. The lowest BCUT2D eigenvalue weighted by atomic mass is 10.1. The molecule has 0 aliphatic heterocycles. The Hall–Kier alpha value is -4.17. The molecule has 0 spiro atoms. The number of aromatic nitrogens is 3. The summed E-state index contributed by atoms with van der Waals surface area (Å²) in [5.41, 5.74) is 1.99. The van der Waals surface area contributed by atoms with Crippen LogP contribution in [0.25, 0.3) is 11.4 Å². The molecule has 2 N–H and O–H groups in total. The largest absolute Gasteiger partial charge is 0.480 e. The molecule has 2 aliphatic rings. The second kappa shape index (κ2) is 8.49. The minimum atomic E-state index is -1.08. The van der Waals surface area contributed by atoms with Gasteiger partial charge in [-0.3, -0.25) is 10.1 Å². The van der Waals surface area contributed by atoms with Crippen LogP contribution in [0.4, 0.5) is 10.5 Å². The van der Waals surface area contributed by atoms with Gasteiger partial charge in [-0.1, -0.05) is 24.3 Å². The number of aryl methyl sites for hydroxylation is 1. The van der Waals surface area contributed by atoms with E-state index >= 15 is 0 Å². The zero-order chi connectivity index (χ0) is 24.9. The van der Waals surface area contributed by atoms with Gasteiger partial charge < -0.3 is 18.7 Å². The third-order valence-electron chi connectivity index (χ3n) is 6.35. The highest BCUT2D eigenvalue weighted by Crippen LogP contribution is 2.49. The number of anilines is 1. The number of fused-ring (bicyclic) bond motifs is 1. The molecule has 1 aromatic carbocycles. The van der Waals surface area contributed by atoms with Crippen LogP contribution >= 0.6 is 11.5 Å². The lowest BCUT2D eigenvalue weighted by Crippen LogP contribution is -2.19. The average Bonchev–Trinajstić information content (AvgIpc) is 3.75. The first kappa shape index (κ1) is 22.3. The Morgan fingerprint density at radius 3 is 2.72 bits per heavy atom. The summed E-state index contributed by atoms with van der Waals surface area (Å²) >= 11 is 1.30. The zero-order valence-electron chi connectivity index (χ0n) is 19.2. The second-order valence-corrected chi connectivity index (χ2v) is 9.76. The summed E-state index contributed by atoms with van der Waals surface area (Å²) in [6.45, 7) is 2.12. The predicted octanol–water partition coefficient (Wildman–Crippen LogP) is 4.72. The van der Waals surface area contributed by atoms with Crippen LogP contribution in [0.2, 0.25) is 0 Å². The van der Waals surface area contributed by atoms with E-state index in [1.54, 1.807) is 0 Å². The number of hydrogen-bond acceptors (Lipinski definition) is 9. The number of benzene rings is 1. The molecule has 0 radical (unpaired) electrons. The molecule has 11 heteroatoms. The van der Waals surface area contributed by atoms with Crippen LogP contribution in [-0.4, -0.2) is 31.5 Å². The minimum absolute atomic E-state index is 0.0249. The molecule has 182 valence electrons. The predicted molar refractivity (Wildman–Crippen MR) is 128 cm³/mol. The van der Waals surface area contributed by atoms with Crippen molar-refractivity contribution in [1.82, 2.24) is 14.3 Å². The van der Waals surface area contributed by atoms with Crippen LogP contribution in [0.5, 0.6) is 0 Å². The minimum Gasteiger partial charge on any atom is -0.480 e. The Morgan fingerprint density at radius 2 is 2.03 bits per heavy atom. The van der Waals surface area contributed by atoms with Crippen LogP contribution in [0, 0.1) is 18.8 Å². The van der Waals surface area contributed by atoms with E-state index in [9.17, 15) is 14.7 Å². The fraction of sp³-hybridized carbons (Fsp3) is 0.320. The van der Waals surface area contributed by atoms with Gasteiger partial charge in [-0.15, -0.1) is 0 Å². The second-order valence-electron chi connectivity index (χ2n) is 8.96. The number of carbonyl (C=O) groups excluding carboxylic acids is 1. The van der Waals surface area contributed by atoms with Crippen molar-refractivity contribution in [2.45, 2.75) is 50.5 Å². The number of rotatable bonds is 6. The Morgan fingerprint density at radius 1 is 1.22 bits per heavy atom. The molecule has 4 aromatic rings. The summed E-state index contributed by atoms with van der Waals surface area (Å²) in [4.78, 5) is 33.4. The van der Waals surface area contributed by atoms with Gasteiger partial charge in [0.1, 0.15) is 12.0 Å². The van der Waals surface area contributed by atoms with E-state index < -0.39 is 17.5 Å². The van der Waals surface area contributed by atoms with Crippen molar-refractivity contribution in [2.75, 3.05) is 5.32 Å². The molecular weight excluding hydrogens is 484 g/mol. The molecule has 3 heterocycles. The van der Waals surface area contributed by atoms with E-state index in [4.69, 9.17) is 13.6 Å². The van der Waals surface area contributed by atoms with Gasteiger partial charge in [0.05, 0.1) is 10.6 Å². The van der Waals surface area contributed by atoms with Crippen molar-refractivity contribution in [1.29, 1.82) is 0 Å².